The van der Waals surface area contributed by atoms with Gasteiger partial charge in [-0.15, -0.1) is 0 Å². The van der Waals surface area contributed by atoms with Gasteiger partial charge in [0.25, 0.3) is 0 Å². The molecule has 22 heavy (non-hydrogen) atoms. The van der Waals surface area contributed by atoms with Crippen LogP contribution in [-0.2, 0) is 4.74 Å². The second kappa shape index (κ2) is 5.59. The van der Waals surface area contributed by atoms with Gasteiger partial charge in [0.05, 0.1) is 25.0 Å². The molecule has 112 valence electrons. The predicted molar refractivity (Wildman–Crippen MR) is 85.3 cm³/mol. The molecule has 0 unspecified atom stereocenters. The van der Waals surface area contributed by atoms with E-state index in [9.17, 15) is 0 Å². The Balaban J connectivity index is 1.84. The van der Waals surface area contributed by atoms with Crippen LogP contribution in [0.5, 0.6) is 0 Å². The van der Waals surface area contributed by atoms with Gasteiger partial charge in [-0.25, -0.2) is 4.98 Å². The van der Waals surface area contributed by atoms with Gasteiger partial charge >= 0.3 is 0 Å². The van der Waals surface area contributed by atoms with Crippen LogP contribution in [0.15, 0.2) is 41.0 Å². The van der Waals surface area contributed by atoms with Crippen molar-refractivity contribution in [3.05, 3.63) is 41.9 Å². The fraction of sp³-hybridized carbons (Fsp3) is 0.250. The predicted octanol–water partition coefficient (Wildman–Crippen LogP) is 3.38. The van der Waals surface area contributed by atoms with Crippen molar-refractivity contribution in [1.29, 1.82) is 0 Å². The zero-order valence-corrected chi connectivity index (χ0v) is 12.6. The first kappa shape index (κ1) is 13.5. The first-order chi connectivity index (χ1) is 10.8. The minimum atomic E-state index is 0.255. The van der Waals surface area contributed by atoms with Gasteiger partial charge < -0.3 is 14.1 Å². The molecule has 0 bridgehead atoms. The van der Waals surface area contributed by atoms with E-state index < -0.39 is 0 Å². The molecule has 0 N–H and O–H groups in total. The van der Waals surface area contributed by atoms with E-state index in [0.717, 1.165) is 41.1 Å². The number of anilines is 1. The van der Waals surface area contributed by atoms with Crippen molar-refractivity contribution in [3.63, 3.8) is 0 Å². The number of aromatic nitrogens is 2. The number of hydrogen-bond donors (Lipinski definition) is 0. The molecule has 3 aromatic rings. The van der Waals surface area contributed by atoms with Crippen molar-refractivity contribution in [2.45, 2.75) is 0 Å². The largest absolute Gasteiger partial charge is 0.464 e. The average molecular weight is 316 g/mol. The summed E-state index contributed by atoms with van der Waals surface area (Å²) in [5, 5.41) is 1.24. The number of rotatable bonds is 2. The van der Waals surface area contributed by atoms with Crippen molar-refractivity contribution in [3.8, 4) is 11.3 Å². The van der Waals surface area contributed by atoms with Gasteiger partial charge in [0.15, 0.2) is 0 Å². The van der Waals surface area contributed by atoms with E-state index in [1.54, 1.807) is 6.26 Å². The third-order valence-corrected chi connectivity index (χ3v) is 3.93. The minimum Gasteiger partial charge on any atom is -0.464 e. The summed E-state index contributed by atoms with van der Waals surface area (Å²) in [4.78, 5) is 11.0. The molecule has 1 aliphatic heterocycles. The Bertz CT molecular complexity index is 799. The van der Waals surface area contributed by atoms with Crippen molar-refractivity contribution in [1.82, 2.24) is 9.97 Å². The van der Waals surface area contributed by atoms with Crippen LogP contribution in [0.3, 0.4) is 0 Å². The fourth-order valence-electron chi connectivity index (χ4n) is 2.70. The molecule has 0 atom stereocenters. The third-order valence-electron chi connectivity index (χ3n) is 3.77. The maximum Gasteiger partial charge on any atom is 0.224 e. The molecular formula is C16H14ClN3O2. The van der Waals surface area contributed by atoms with E-state index in [-0.39, 0.29) is 5.28 Å². The van der Waals surface area contributed by atoms with Crippen molar-refractivity contribution in [2.24, 2.45) is 0 Å². The molecule has 1 aliphatic rings. The topological polar surface area (TPSA) is 51.4 Å². The number of furan rings is 1. The van der Waals surface area contributed by atoms with Gasteiger partial charge in [0.1, 0.15) is 11.6 Å². The van der Waals surface area contributed by atoms with Gasteiger partial charge in [0, 0.05) is 24.0 Å². The highest BCUT2D eigenvalue weighted by Crippen LogP contribution is 2.30. The summed E-state index contributed by atoms with van der Waals surface area (Å²) in [6.45, 7) is 3.02. The quantitative estimate of drug-likeness (QED) is 0.679. The van der Waals surface area contributed by atoms with Crippen LogP contribution >= 0.6 is 11.6 Å². The maximum atomic E-state index is 6.12. The second-order valence-electron chi connectivity index (χ2n) is 5.12. The second-order valence-corrected chi connectivity index (χ2v) is 5.46. The van der Waals surface area contributed by atoms with E-state index in [2.05, 4.69) is 14.9 Å². The number of fused-ring (bicyclic) bond motifs is 1. The summed E-state index contributed by atoms with van der Waals surface area (Å²) in [5.41, 5.74) is 1.79. The lowest BCUT2D eigenvalue weighted by Crippen LogP contribution is -2.37. The number of morpholine rings is 1. The number of halogens is 1. The number of benzene rings is 1. The molecule has 6 heteroatoms. The molecule has 2 aromatic heterocycles. The number of hydrogen-bond acceptors (Lipinski definition) is 5. The lowest BCUT2D eigenvalue weighted by atomic mass is 10.1. The summed E-state index contributed by atoms with van der Waals surface area (Å²) < 4.78 is 10.8. The summed E-state index contributed by atoms with van der Waals surface area (Å²) in [6.07, 6.45) is 1.66. The SMILES string of the molecule is Clc1nc(N2CCOCC2)c2ccc(-c3ccco3)cc2n1. The van der Waals surface area contributed by atoms with Gasteiger partial charge in [-0.3, -0.25) is 0 Å². The Labute approximate surface area is 132 Å². The average Bonchev–Trinajstić information content (AvgIpc) is 3.09. The molecule has 0 spiro atoms. The molecule has 3 heterocycles. The van der Waals surface area contributed by atoms with Crippen LogP contribution in [0, 0.1) is 0 Å². The van der Waals surface area contributed by atoms with Gasteiger partial charge in [-0.1, -0.05) is 6.07 Å². The van der Waals surface area contributed by atoms with E-state index in [4.69, 9.17) is 20.8 Å². The highest BCUT2D eigenvalue weighted by molar-refractivity contribution is 6.28. The van der Waals surface area contributed by atoms with E-state index >= 15 is 0 Å². The smallest absolute Gasteiger partial charge is 0.224 e. The monoisotopic (exact) mass is 315 g/mol. The molecule has 1 aromatic carbocycles. The Morgan fingerprint density at radius 2 is 1.95 bits per heavy atom. The summed E-state index contributed by atoms with van der Waals surface area (Å²) in [7, 11) is 0. The van der Waals surface area contributed by atoms with Crippen LogP contribution in [0.25, 0.3) is 22.2 Å². The van der Waals surface area contributed by atoms with Crippen molar-refractivity contribution in [2.75, 3.05) is 31.2 Å². The Morgan fingerprint density at radius 3 is 2.73 bits per heavy atom. The highest BCUT2D eigenvalue weighted by Gasteiger charge is 2.17. The molecule has 0 saturated carbocycles. The van der Waals surface area contributed by atoms with Crippen molar-refractivity contribution < 1.29 is 9.15 Å². The van der Waals surface area contributed by atoms with Crippen LogP contribution < -0.4 is 4.90 Å². The third kappa shape index (κ3) is 2.42. The van der Waals surface area contributed by atoms with Crippen LogP contribution in [0.1, 0.15) is 0 Å². The summed E-state index contributed by atoms with van der Waals surface area (Å²) in [6, 6.07) is 9.81. The normalized spacial score (nSPS) is 15.4. The Kier molecular flexibility index (Phi) is 3.44. The lowest BCUT2D eigenvalue weighted by Gasteiger charge is -2.28. The van der Waals surface area contributed by atoms with Gasteiger partial charge in [-0.05, 0) is 35.9 Å². The van der Waals surface area contributed by atoms with Gasteiger partial charge in [-0.2, -0.15) is 4.98 Å². The molecule has 4 rings (SSSR count). The molecule has 0 radical (unpaired) electrons. The van der Waals surface area contributed by atoms with Gasteiger partial charge in [0.2, 0.25) is 5.28 Å². The molecule has 0 aliphatic carbocycles. The van der Waals surface area contributed by atoms with E-state index in [0.29, 0.717) is 13.2 Å². The fourth-order valence-corrected chi connectivity index (χ4v) is 2.87. The Hall–Kier alpha value is -2.11. The summed E-state index contributed by atoms with van der Waals surface area (Å²) >= 11 is 6.12. The van der Waals surface area contributed by atoms with Crippen LogP contribution in [-0.4, -0.2) is 36.3 Å². The summed E-state index contributed by atoms with van der Waals surface area (Å²) in [5.74, 6) is 1.67. The van der Waals surface area contributed by atoms with E-state index in [1.165, 1.54) is 0 Å². The molecule has 5 nitrogen and oxygen atoms in total. The highest BCUT2D eigenvalue weighted by atomic mass is 35.5. The van der Waals surface area contributed by atoms with Crippen molar-refractivity contribution >= 4 is 28.3 Å². The lowest BCUT2D eigenvalue weighted by molar-refractivity contribution is 0.122. The zero-order chi connectivity index (χ0) is 14.9. The first-order valence-corrected chi connectivity index (χ1v) is 7.53. The number of nitrogens with zero attached hydrogens (tertiary/aromatic N) is 3. The van der Waals surface area contributed by atoms with Crippen LogP contribution in [0.2, 0.25) is 5.28 Å². The minimum absolute atomic E-state index is 0.255. The molecular weight excluding hydrogens is 302 g/mol. The van der Waals surface area contributed by atoms with E-state index in [1.807, 2.05) is 30.3 Å². The maximum absolute atomic E-state index is 6.12. The molecule has 0 amide bonds. The molecule has 1 fully saturated rings. The molecule has 1 saturated heterocycles. The number of ether oxygens (including phenoxy) is 1. The Morgan fingerprint density at radius 1 is 1.09 bits per heavy atom. The first-order valence-electron chi connectivity index (χ1n) is 7.15. The zero-order valence-electron chi connectivity index (χ0n) is 11.8. The van der Waals surface area contributed by atoms with Crippen LogP contribution in [0.4, 0.5) is 5.82 Å². The standard InChI is InChI=1S/C16H14ClN3O2/c17-16-18-13-10-11(14-2-1-7-22-14)3-4-12(13)15(19-16)20-5-8-21-9-6-20/h1-4,7,10H,5-6,8-9H2.